The summed E-state index contributed by atoms with van der Waals surface area (Å²) in [6.07, 6.45) is 0.399. The molecule has 1 unspecified atom stereocenters. The molecule has 1 rings (SSSR count). The Morgan fingerprint density at radius 1 is 0.963 bits per heavy atom. The van der Waals surface area contributed by atoms with Gasteiger partial charge in [-0.3, -0.25) is 9.59 Å². The van der Waals surface area contributed by atoms with Gasteiger partial charge in [0.15, 0.2) is 6.61 Å². The lowest BCUT2D eigenvalue weighted by molar-refractivity contribution is -0.151. The van der Waals surface area contributed by atoms with E-state index >= 15 is 0 Å². The zero-order chi connectivity index (χ0) is 20.4. The van der Waals surface area contributed by atoms with Gasteiger partial charge in [-0.25, -0.2) is 9.59 Å². The maximum atomic E-state index is 12.0. The molecule has 1 aromatic carbocycles. The summed E-state index contributed by atoms with van der Waals surface area (Å²) in [5.74, 6) is -2.21. The van der Waals surface area contributed by atoms with Crippen molar-refractivity contribution in [2.75, 3.05) is 13.7 Å². The van der Waals surface area contributed by atoms with E-state index < -0.39 is 42.4 Å². The number of esters is 2. The molecule has 0 aliphatic rings. The Labute approximate surface area is 158 Å². The smallest absolute Gasteiger partial charge is 0.328 e. The van der Waals surface area contributed by atoms with Crippen molar-refractivity contribution >= 4 is 23.8 Å². The fraction of sp³-hybridized carbons (Fsp3) is 0.474. The van der Waals surface area contributed by atoms with Gasteiger partial charge in [0.05, 0.1) is 7.11 Å². The van der Waals surface area contributed by atoms with Crippen LogP contribution >= 0.6 is 0 Å². The molecule has 2 N–H and O–H groups in total. The molecule has 0 aromatic heterocycles. The molecule has 0 radical (unpaired) electrons. The van der Waals surface area contributed by atoms with E-state index in [2.05, 4.69) is 15.4 Å². The Morgan fingerprint density at radius 2 is 1.59 bits per heavy atom. The maximum absolute atomic E-state index is 12.0. The molecule has 0 saturated carbocycles. The van der Waals surface area contributed by atoms with Crippen LogP contribution in [0.3, 0.4) is 0 Å². The van der Waals surface area contributed by atoms with E-state index in [-0.39, 0.29) is 5.92 Å². The van der Waals surface area contributed by atoms with Crippen molar-refractivity contribution < 1.29 is 28.7 Å². The highest BCUT2D eigenvalue weighted by Crippen LogP contribution is 2.06. The summed E-state index contributed by atoms with van der Waals surface area (Å²) in [6.45, 7) is 4.70. The first kappa shape index (κ1) is 22.1. The number of carbonyl (C=O) groups excluding carboxylic acids is 4. The van der Waals surface area contributed by atoms with Crippen molar-refractivity contribution in [1.82, 2.24) is 10.6 Å². The SMILES string of the molecule is COC(=O)C(CC(C)C)NC(=O)COC(=O)[C@H](C)NC(=O)c1ccccc1. The largest absolute Gasteiger partial charge is 0.467 e. The Balaban J connectivity index is 2.48. The van der Waals surface area contributed by atoms with Gasteiger partial charge >= 0.3 is 11.9 Å². The van der Waals surface area contributed by atoms with Gasteiger partial charge in [0.25, 0.3) is 11.8 Å². The molecule has 0 aliphatic heterocycles. The average Bonchev–Trinajstić information content (AvgIpc) is 2.65. The van der Waals surface area contributed by atoms with Gasteiger partial charge < -0.3 is 20.1 Å². The van der Waals surface area contributed by atoms with E-state index in [0.29, 0.717) is 12.0 Å². The molecule has 0 spiro atoms. The standard InChI is InChI=1S/C19H26N2O6/c1-12(2)10-15(19(25)26-4)21-16(22)11-27-18(24)13(3)20-17(23)14-8-6-5-7-9-14/h5-9,12-13,15H,10-11H2,1-4H3,(H,20,23)(H,21,22)/t13-,15?/m0/s1. The molecule has 27 heavy (non-hydrogen) atoms. The highest BCUT2D eigenvalue weighted by molar-refractivity contribution is 5.96. The number of amides is 2. The Bertz CT molecular complexity index is 659. The van der Waals surface area contributed by atoms with Crippen molar-refractivity contribution in [1.29, 1.82) is 0 Å². The summed E-state index contributed by atoms with van der Waals surface area (Å²) in [5, 5.41) is 4.98. The second kappa shape index (κ2) is 10.9. The second-order valence-corrected chi connectivity index (χ2v) is 6.44. The predicted molar refractivity (Wildman–Crippen MR) is 97.7 cm³/mol. The van der Waals surface area contributed by atoms with Gasteiger partial charge in [0.1, 0.15) is 12.1 Å². The minimum absolute atomic E-state index is 0.158. The predicted octanol–water partition coefficient (Wildman–Crippen LogP) is 1.05. The van der Waals surface area contributed by atoms with Gasteiger partial charge in [-0.2, -0.15) is 0 Å². The van der Waals surface area contributed by atoms with Crippen LogP contribution in [0.1, 0.15) is 37.6 Å². The quantitative estimate of drug-likeness (QED) is 0.622. The van der Waals surface area contributed by atoms with Crippen LogP contribution in [0, 0.1) is 5.92 Å². The molecular weight excluding hydrogens is 352 g/mol. The van der Waals surface area contributed by atoms with Crippen LogP contribution < -0.4 is 10.6 Å². The topological polar surface area (TPSA) is 111 Å². The van der Waals surface area contributed by atoms with Crippen LogP contribution in [0.15, 0.2) is 30.3 Å². The van der Waals surface area contributed by atoms with Crippen molar-refractivity contribution in [2.24, 2.45) is 5.92 Å². The minimum Gasteiger partial charge on any atom is -0.467 e. The number of hydrogen-bond acceptors (Lipinski definition) is 6. The minimum atomic E-state index is -0.933. The summed E-state index contributed by atoms with van der Waals surface area (Å²) >= 11 is 0. The second-order valence-electron chi connectivity index (χ2n) is 6.44. The zero-order valence-corrected chi connectivity index (χ0v) is 16.0. The molecule has 148 valence electrons. The van der Waals surface area contributed by atoms with E-state index in [4.69, 9.17) is 4.74 Å². The maximum Gasteiger partial charge on any atom is 0.328 e. The lowest BCUT2D eigenvalue weighted by Gasteiger charge is -2.18. The lowest BCUT2D eigenvalue weighted by Crippen LogP contribution is -2.45. The number of ether oxygens (including phenoxy) is 2. The fourth-order valence-electron chi connectivity index (χ4n) is 2.25. The summed E-state index contributed by atoms with van der Waals surface area (Å²) < 4.78 is 9.56. The van der Waals surface area contributed by atoms with Crippen LogP contribution in [0.4, 0.5) is 0 Å². The van der Waals surface area contributed by atoms with E-state index in [9.17, 15) is 19.2 Å². The molecular formula is C19H26N2O6. The monoisotopic (exact) mass is 378 g/mol. The third kappa shape index (κ3) is 7.89. The van der Waals surface area contributed by atoms with Gasteiger partial charge in [-0.05, 0) is 31.4 Å². The normalized spacial score (nSPS) is 12.6. The zero-order valence-electron chi connectivity index (χ0n) is 16.0. The van der Waals surface area contributed by atoms with Gasteiger partial charge in [0.2, 0.25) is 0 Å². The van der Waals surface area contributed by atoms with Gasteiger partial charge in [-0.15, -0.1) is 0 Å². The summed E-state index contributed by atoms with van der Waals surface area (Å²) in [5.41, 5.74) is 0.407. The fourth-order valence-corrected chi connectivity index (χ4v) is 2.25. The molecule has 0 saturated heterocycles. The van der Waals surface area contributed by atoms with Crippen LogP contribution in [0.2, 0.25) is 0 Å². The Morgan fingerprint density at radius 3 is 2.15 bits per heavy atom. The van der Waals surface area contributed by atoms with Gasteiger partial charge in [0, 0.05) is 5.56 Å². The average molecular weight is 378 g/mol. The van der Waals surface area contributed by atoms with E-state index in [1.807, 2.05) is 13.8 Å². The Kier molecular flexibility index (Phi) is 8.98. The molecule has 2 amide bonds. The lowest BCUT2D eigenvalue weighted by atomic mass is 10.0. The molecule has 8 heteroatoms. The van der Waals surface area contributed by atoms with Crippen molar-refractivity contribution in [3.63, 3.8) is 0 Å². The molecule has 2 atom stereocenters. The van der Waals surface area contributed by atoms with Crippen LogP contribution in [-0.4, -0.2) is 49.6 Å². The molecule has 0 bridgehead atoms. The number of rotatable bonds is 9. The number of benzene rings is 1. The first-order valence-corrected chi connectivity index (χ1v) is 8.64. The van der Waals surface area contributed by atoms with Crippen LogP contribution in [0.25, 0.3) is 0 Å². The highest BCUT2D eigenvalue weighted by atomic mass is 16.5. The number of hydrogen-bond donors (Lipinski definition) is 2. The number of carbonyl (C=O) groups is 4. The van der Waals surface area contributed by atoms with Crippen molar-refractivity contribution in [3.8, 4) is 0 Å². The summed E-state index contributed by atoms with van der Waals surface area (Å²) in [4.78, 5) is 47.6. The molecule has 8 nitrogen and oxygen atoms in total. The summed E-state index contributed by atoms with van der Waals surface area (Å²) in [7, 11) is 1.24. The van der Waals surface area contributed by atoms with E-state index in [1.165, 1.54) is 14.0 Å². The number of methoxy groups -OCH3 is 1. The van der Waals surface area contributed by atoms with Crippen LogP contribution in [-0.2, 0) is 23.9 Å². The molecule has 0 fully saturated rings. The van der Waals surface area contributed by atoms with Crippen LogP contribution in [0.5, 0.6) is 0 Å². The molecule has 0 aliphatic carbocycles. The summed E-state index contributed by atoms with van der Waals surface area (Å²) in [6, 6.07) is 6.67. The first-order valence-electron chi connectivity index (χ1n) is 8.64. The van der Waals surface area contributed by atoms with E-state index in [0.717, 1.165) is 0 Å². The Hall–Kier alpha value is -2.90. The van der Waals surface area contributed by atoms with Gasteiger partial charge in [-0.1, -0.05) is 32.0 Å². The first-order chi connectivity index (χ1) is 12.7. The van der Waals surface area contributed by atoms with Crippen molar-refractivity contribution in [2.45, 2.75) is 39.3 Å². The van der Waals surface area contributed by atoms with E-state index in [1.54, 1.807) is 30.3 Å². The van der Waals surface area contributed by atoms with Crippen molar-refractivity contribution in [3.05, 3.63) is 35.9 Å². The molecule has 1 aromatic rings. The highest BCUT2D eigenvalue weighted by Gasteiger charge is 2.24. The number of nitrogens with one attached hydrogen (secondary N) is 2. The third-order valence-electron chi connectivity index (χ3n) is 3.61. The molecule has 0 heterocycles. The third-order valence-corrected chi connectivity index (χ3v) is 3.61.